The van der Waals surface area contributed by atoms with Crippen molar-refractivity contribution in [2.75, 3.05) is 0 Å². The third kappa shape index (κ3) is 1.75. The molecule has 0 aliphatic heterocycles. The average Bonchev–Trinajstić information content (AvgIpc) is 2.42. The van der Waals surface area contributed by atoms with E-state index >= 15 is 0 Å². The van der Waals surface area contributed by atoms with E-state index in [4.69, 9.17) is 16.7 Å². The van der Waals surface area contributed by atoms with Gasteiger partial charge in [0.2, 0.25) is 0 Å². The van der Waals surface area contributed by atoms with E-state index in [-0.39, 0.29) is 0 Å². The van der Waals surface area contributed by atoms with Crippen molar-refractivity contribution in [3.63, 3.8) is 0 Å². The van der Waals surface area contributed by atoms with Crippen LogP contribution in [0.5, 0.6) is 0 Å². The molecule has 0 bridgehead atoms. The first-order valence-electron chi connectivity index (χ1n) is 4.43. The predicted octanol–water partition coefficient (Wildman–Crippen LogP) is 1.82. The largest absolute Gasteiger partial charge is 0.481 e. The van der Waals surface area contributed by atoms with Gasteiger partial charge in [-0.3, -0.25) is 9.48 Å². The molecule has 78 valence electrons. The van der Waals surface area contributed by atoms with Gasteiger partial charge in [0.05, 0.1) is 11.6 Å². The maximum absolute atomic E-state index is 10.8. The first-order chi connectivity index (χ1) is 6.49. The van der Waals surface area contributed by atoms with Gasteiger partial charge in [0.15, 0.2) is 0 Å². The van der Waals surface area contributed by atoms with Crippen LogP contribution in [0.1, 0.15) is 31.0 Å². The number of rotatable bonds is 3. The van der Waals surface area contributed by atoms with Crippen LogP contribution in [0, 0.1) is 0 Å². The number of carbonyl (C=O) groups is 1. The Morgan fingerprint density at radius 2 is 2.29 bits per heavy atom. The number of halogens is 1. The van der Waals surface area contributed by atoms with Crippen LogP contribution < -0.4 is 0 Å². The molecule has 0 aromatic carbocycles. The molecule has 0 amide bonds. The van der Waals surface area contributed by atoms with Crippen LogP contribution >= 0.6 is 11.6 Å². The van der Waals surface area contributed by atoms with E-state index in [9.17, 15) is 4.79 Å². The van der Waals surface area contributed by atoms with Crippen LogP contribution in [-0.4, -0.2) is 20.9 Å². The van der Waals surface area contributed by atoms with Crippen LogP contribution in [0.15, 0.2) is 0 Å². The van der Waals surface area contributed by atoms with Gasteiger partial charge in [0, 0.05) is 12.6 Å². The Hall–Kier alpha value is -1.03. The van der Waals surface area contributed by atoms with E-state index in [0.717, 1.165) is 5.69 Å². The highest BCUT2D eigenvalue weighted by molar-refractivity contribution is 6.30. The molecule has 4 nitrogen and oxygen atoms in total. The van der Waals surface area contributed by atoms with Crippen molar-refractivity contribution < 1.29 is 9.90 Å². The second-order valence-corrected chi connectivity index (χ2v) is 3.55. The molecule has 5 heteroatoms. The van der Waals surface area contributed by atoms with Crippen LogP contribution in [0.25, 0.3) is 0 Å². The Bertz CT molecular complexity index is 360. The van der Waals surface area contributed by atoms with E-state index in [1.165, 1.54) is 4.68 Å². The molecular weight excluding hydrogens is 204 g/mol. The summed E-state index contributed by atoms with van der Waals surface area (Å²) in [5, 5.41) is 13.5. The fourth-order valence-electron chi connectivity index (χ4n) is 1.39. The van der Waals surface area contributed by atoms with E-state index in [2.05, 4.69) is 5.10 Å². The number of aryl methyl sites for hydroxylation is 2. The summed E-state index contributed by atoms with van der Waals surface area (Å²) < 4.78 is 1.51. The maximum atomic E-state index is 10.8. The quantitative estimate of drug-likeness (QED) is 0.839. The zero-order chi connectivity index (χ0) is 10.9. The zero-order valence-corrected chi connectivity index (χ0v) is 9.17. The van der Waals surface area contributed by atoms with Gasteiger partial charge in [-0.25, -0.2) is 0 Å². The molecule has 0 spiro atoms. The predicted molar refractivity (Wildman–Crippen MR) is 53.6 cm³/mol. The minimum absolute atomic E-state index is 0.414. The first-order valence-corrected chi connectivity index (χ1v) is 4.80. The third-order valence-corrected chi connectivity index (χ3v) is 2.67. The van der Waals surface area contributed by atoms with Crippen molar-refractivity contribution >= 4 is 17.6 Å². The third-order valence-electron chi connectivity index (χ3n) is 2.23. The van der Waals surface area contributed by atoms with Crippen molar-refractivity contribution in [2.24, 2.45) is 7.05 Å². The Morgan fingerprint density at radius 1 is 1.71 bits per heavy atom. The van der Waals surface area contributed by atoms with Crippen molar-refractivity contribution in [1.82, 2.24) is 9.78 Å². The minimum Gasteiger partial charge on any atom is -0.481 e. The van der Waals surface area contributed by atoms with Crippen molar-refractivity contribution in [3.8, 4) is 0 Å². The van der Waals surface area contributed by atoms with Gasteiger partial charge < -0.3 is 5.11 Å². The smallest absolute Gasteiger partial charge is 0.310 e. The minimum atomic E-state index is -0.880. The summed E-state index contributed by atoms with van der Waals surface area (Å²) in [6, 6.07) is 0. The molecule has 1 heterocycles. The lowest BCUT2D eigenvalue weighted by atomic mass is 10.0. The molecule has 0 radical (unpaired) electrons. The van der Waals surface area contributed by atoms with Crippen LogP contribution in [-0.2, 0) is 18.3 Å². The standard InChI is InChI=1S/C9H13ClN2O2/c1-4-6-7(5(2)9(13)14)8(10)12(3)11-6/h5H,4H2,1-3H3,(H,13,14). The SMILES string of the molecule is CCc1nn(C)c(Cl)c1C(C)C(=O)O. The summed E-state index contributed by atoms with van der Waals surface area (Å²) in [7, 11) is 1.71. The van der Waals surface area contributed by atoms with Crippen LogP contribution in [0.3, 0.4) is 0 Å². The second kappa shape index (κ2) is 4.00. The average molecular weight is 217 g/mol. The zero-order valence-electron chi connectivity index (χ0n) is 8.41. The molecule has 0 aliphatic carbocycles. The summed E-state index contributed by atoms with van der Waals surface area (Å²) in [5.41, 5.74) is 1.39. The Labute approximate surface area is 87.5 Å². The van der Waals surface area contributed by atoms with Gasteiger partial charge in [-0.05, 0) is 13.3 Å². The van der Waals surface area contributed by atoms with E-state index in [0.29, 0.717) is 17.1 Å². The highest BCUT2D eigenvalue weighted by Gasteiger charge is 2.23. The van der Waals surface area contributed by atoms with Crippen molar-refractivity contribution in [3.05, 3.63) is 16.4 Å². The van der Waals surface area contributed by atoms with Crippen LogP contribution in [0.4, 0.5) is 0 Å². The molecule has 1 unspecified atom stereocenters. The van der Waals surface area contributed by atoms with E-state index in [1.54, 1.807) is 14.0 Å². The Morgan fingerprint density at radius 3 is 2.71 bits per heavy atom. The van der Waals surface area contributed by atoms with E-state index in [1.807, 2.05) is 6.92 Å². The Kier molecular flexibility index (Phi) is 3.16. The summed E-state index contributed by atoms with van der Waals surface area (Å²) in [6.07, 6.45) is 0.688. The molecule has 1 aromatic rings. The number of aromatic nitrogens is 2. The fraction of sp³-hybridized carbons (Fsp3) is 0.556. The molecule has 0 saturated carbocycles. The highest BCUT2D eigenvalue weighted by Crippen LogP contribution is 2.27. The lowest BCUT2D eigenvalue weighted by Gasteiger charge is -2.05. The van der Waals surface area contributed by atoms with Gasteiger partial charge in [0.1, 0.15) is 5.15 Å². The lowest BCUT2D eigenvalue weighted by molar-refractivity contribution is -0.138. The number of nitrogens with zero attached hydrogens (tertiary/aromatic N) is 2. The van der Waals surface area contributed by atoms with Crippen LogP contribution in [0.2, 0.25) is 5.15 Å². The number of carboxylic acid groups (broad SMARTS) is 1. The normalized spacial score (nSPS) is 12.9. The number of hydrogen-bond donors (Lipinski definition) is 1. The Balaban J connectivity index is 3.23. The van der Waals surface area contributed by atoms with Gasteiger partial charge >= 0.3 is 5.97 Å². The lowest BCUT2D eigenvalue weighted by Crippen LogP contribution is -2.09. The fourth-order valence-corrected chi connectivity index (χ4v) is 1.70. The van der Waals surface area contributed by atoms with E-state index < -0.39 is 11.9 Å². The topological polar surface area (TPSA) is 55.1 Å². The maximum Gasteiger partial charge on any atom is 0.310 e. The molecule has 1 atom stereocenters. The molecule has 0 fully saturated rings. The molecule has 1 aromatic heterocycles. The molecule has 14 heavy (non-hydrogen) atoms. The summed E-state index contributed by atoms with van der Waals surface area (Å²) in [5.74, 6) is -1.49. The summed E-state index contributed by atoms with van der Waals surface area (Å²) in [4.78, 5) is 10.8. The molecule has 1 rings (SSSR count). The monoisotopic (exact) mass is 216 g/mol. The number of carboxylic acids is 1. The highest BCUT2D eigenvalue weighted by atomic mass is 35.5. The number of hydrogen-bond acceptors (Lipinski definition) is 2. The molecular formula is C9H13ClN2O2. The molecule has 0 aliphatic rings. The van der Waals surface area contributed by atoms with Gasteiger partial charge in [-0.15, -0.1) is 0 Å². The molecule has 1 N–H and O–H groups in total. The summed E-state index contributed by atoms with van der Waals surface area (Å²) in [6.45, 7) is 3.54. The van der Waals surface area contributed by atoms with Crippen molar-refractivity contribution in [1.29, 1.82) is 0 Å². The second-order valence-electron chi connectivity index (χ2n) is 3.19. The van der Waals surface area contributed by atoms with Gasteiger partial charge in [0.25, 0.3) is 0 Å². The van der Waals surface area contributed by atoms with Gasteiger partial charge in [-0.2, -0.15) is 5.10 Å². The van der Waals surface area contributed by atoms with Gasteiger partial charge in [-0.1, -0.05) is 18.5 Å². The molecule has 0 saturated heterocycles. The summed E-state index contributed by atoms with van der Waals surface area (Å²) >= 11 is 5.97. The van der Waals surface area contributed by atoms with Crippen molar-refractivity contribution in [2.45, 2.75) is 26.2 Å². The first kappa shape index (κ1) is 11.0. The number of aliphatic carboxylic acids is 1.